The summed E-state index contributed by atoms with van der Waals surface area (Å²) in [6.07, 6.45) is 23.8. The number of phosphoric acid groups is 1. The average molecular weight is 468 g/mol. The molecule has 0 heterocycles. The summed E-state index contributed by atoms with van der Waals surface area (Å²) >= 11 is 0.957. The van der Waals surface area contributed by atoms with Gasteiger partial charge < -0.3 is 14.7 Å². The van der Waals surface area contributed by atoms with Crippen molar-refractivity contribution in [3.05, 3.63) is 0 Å². The minimum absolute atomic E-state index is 0.957. The Morgan fingerprint density at radius 3 is 1.00 bits per heavy atom. The van der Waals surface area contributed by atoms with E-state index < -0.39 is 7.82 Å². The second kappa shape index (κ2) is 22.0. The summed E-state index contributed by atoms with van der Waals surface area (Å²) < 4.78 is 10.5. The number of hydrogen-bond donors (Lipinski definition) is 3. The first-order valence-corrected chi connectivity index (χ1v) is 15.8. The van der Waals surface area contributed by atoms with Crippen LogP contribution in [0.3, 0.4) is 0 Å². The van der Waals surface area contributed by atoms with Crippen LogP contribution in [-0.2, 0) is 4.57 Å². The zero-order chi connectivity index (χ0) is 18.5. The molecule has 4 nitrogen and oxygen atoms in total. The standard InChI is InChI=1S/C18H37.In.H3O4P.2H/c1-3-5-7-9-11-13-15-17-18-16-14-12-10-8-6-4-2;;1-5(2,3)4;;/h1,3-18H2,2H3;;(H3,1,2,3,4);;. The maximum absolute atomic E-state index is 8.88. The Morgan fingerprint density at radius 1 is 0.583 bits per heavy atom. The van der Waals surface area contributed by atoms with Crippen LogP contribution in [0.1, 0.15) is 110 Å². The van der Waals surface area contributed by atoms with Gasteiger partial charge in [0.05, 0.1) is 0 Å². The Balaban J connectivity index is 0. The smallest absolute Gasteiger partial charge is 0.303 e. The third-order valence-corrected chi connectivity index (χ3v) is 6.23. The minimum atomic E-state index is -4.64. The van der Waals surface area contributed by atoms with E-state index in [1.54, 1.807) is 4.18 Å². The molecule has 0 radical (unpaired) electrons. The van der Waals surface area contributed by atoms with Gasteiger partial charge >= 0.3 is 107 Å². The van der Waals surface area contributed by atoms with Crippen LogP contribution >= 0.6 is 7.82 Å². The molecule has 24 heavy (non-hydrogen) atoms. The van der Waals surface area contributed by atoms with E-state index in [-0.39, 0.29) is 0 Å². The molecule has 0 fully saturated rings. The average Bonchev–Trinajstić information content (AvgIpc) is 2.49. The van der Waals surface area contributed by atoms with Crippen LogP contribution in [-0.4, -0.2) is 39.1 Å². The topological polar surface area (TPSA) is 77.8 Å². The van der Waals surface area contributed by atoms with Gasteiger partial charge in [0, 0.05) is 0 Å². The zero-order valence-electron chi connectivity index (χ0n) is 16.2. The van der Waals surface area contributed by atoms with Crippen LogP contribution in [0.25, 0.3) is 0 Å². The molecule has 0 aromatic carbocycles. The molecule has 0 atom stereocenters. The maximum Gasteiger partial charge on any atom is 0.466 e. The predicted octanol–water partition coefficient (Wildman–Crippen LogP) is 5.37. The molecule has 0 spiro atoms. The molecule has 0 aliphatic carbocycles. The summed E-state index contributed by atoms with van der Waals surface area (Å²) in [6, 6.07) is 0. The van der Waals surface area contributed by atoms with Crippen LogP contribution in [0.15, 0.2) is 0 Å². The molecule has 0 aromatic rings. The molecule has 0 aromatic heterocycles. The van der Waals surface area contributed by atoms with Gasteiger partial charge in [-0.1, -0.05) is 39.0 Å². The van der Waals surface area contributed by atoms with Crippen molar-refractivity contribution in [1.82, 2.24) is 0 Å². The quantitative estimate of drug-likeness (QED) is 0.210. The zero-order valence-corrected chi connectivity index (χ0v) is 22.8. The van der Waals surface area contributed by atoms with Gasteiger partial charge in [-0.05, 0) is 0 Å². The van der Waals surface area contributed by atoms with Crippen molar-refractivity contribution >= 4 is 32.2 Å². The SMILES string of the molecule is CCCCCCCCCCCCCCCCC[CH2][InH2].O=P(O)(O)O. The van der Waals surface area contributed by atoms with Crippen LogP contribution in [0.4, 0.5) is 0 Å². The van der Waals surface area contributed by atoms with E-state index in [4.69, 9.17) is 19.2 Å². The molecule has 0 rings (SSSR count). The van der Waals surface area contributed by atoms with Crippen LogP contribution in [0, 0.1) is 0 Å². The molecule has 0 aliphatic rings. The van der Waals surface area contributed by atoms with Gasteiger partial charge in [0.1, 0.15) is 0 Å². The molecular formula is C18H42InO4P. The monoisotopic (exact) mass is 468 g/mol. The van der Waals surface area contributed by atoms with Crippen molar-refractivity contribution in [2.24, 2.45) is 0 Å². The van der Waals surface area contributed by atoms with E-state index in [9.17, 15) is 0 Å². The van der Waals surface area contributed by atoms with E-state index in [1.165, 1.54) is 103 Å². The Bertz CT molecular complexity index is 247. The van der Waals surface area contributed by atoms with E-state index in [1.807, 2.05) is 0 Å². The van der Waals surface area contributed by atoms with Gasteiger partial charge in [-0.25, -0.2) is 4.57 Å². The van der Waals surface area contributed by atoms with Crippen molar-refractivity contribution in [2.45, 2.75) is 114 Å². The van der Waals surface area contributed by atoms with E-state index in [0.717, 1.165) is 24.4 Å². The van der Waals surface area contributed by atoms with Gasteiger partial charge in [-0.3, -0.25) is 0 Å². The van der Waals surface area contributed by atoms with Crippen molar-refractivity contribution in [3.63, 3.8) is 0 Å². The fourth-order valence-corrected chi connectivity index (χ4v) is 4.23. The Labute approximate surface area is 165 Å². The summed E-state index contributed by atoms with van der Waals surface area (Å²) in [5.74, 6) is 0. The summed E-state index contributed by atoms with van der Waals surface area (Å²) in [4.78, 5) is 21.6. The van der Waals surface area contributed by atoms with Crippen molar-refractivity contribution in [1.29, 1.82) is 0 Å². The first-order valence-electron chi connectivity index (χ1n) is 10.2. The van der Waals surface area contributed by atoms with Crippen molar-refractivity contribution in [3.8, 4) is 0 Å². The van der Waals surface area contributed by atoms with Gasteiger partial charge in [0.25, 0.3) is 0 Å². The van der Waals surface area contributed by atoms with E-state index in [2.05, 4.69) is 6.92 Å². The van der Waals surface area contributed by atoms with Gasteiger partial charge in [0.15, 0.2) is 0 Å². The normalized spacial score (nSPS) is 11.2. The molecule has 6 heteroatoms. The molecule has 0 saturated heterocycles. The molecule has 0 aliphatic heterocycles. The summed E-state index contributed by atoms with van der Waals surface area (Å²) in [5, 5.41) is 0. The largest absolute Gasteiger partial charge is 0.466 e. The molecule has 0 amide bonds. The minimum Gasteiger partial charge on any atom is -0.303 e. The Kier molecular flexibility index (Phi) is 25.0. The van der Waals surface area contributed by atoms with Gasteiger partial charge in [-0.15, -0.1) is 0 Å². The van der Waals surface area contributed by atoms with Crippen LogP contribution in [0.5, 0.6) is 0 Å². The molecule has 3 N–H and O–H groups in total. The van der Waals surface area contributed by atoms with E-state index >= 15 is 0 Å². The van der Waals surface area contributed by atoms with Crippen LogP contribution in [0.2, 0.25) is 4.18 Å². The van der Waals surface area contributed by atoms with E-state index in [0.29, 0.717) is 0 Å². The third kappa shape index (κ3) is 38.5. The van der Waals surface area contributed by atoms with Crippen molar-refractivity contribution in [2.75, 3.05) is 0 Å². The number of hydrogen-bond acceptors (Lipinski definition) is 1. The molecule has 0 saturated carbocycles. The predicted molar refractivity (Wildman–Crippen MR) is 107 cm³/mol. The maximum atomic E-state index is 8.88. The summed E-state index contributed by atoms with van der Waals surface area (Å²) in [7, 11) is -4.64. The van der Waals surface area contributed by atoms with Gasteiger partial charge in [0.2, 0.25) is 0 Å². The fourth-order valence-electron chi connectivity index (χ4n) is 2.80. The molecule has 0 bridgehead atoms. The second-order valence-electron chi connectivity index (χ2n) is 6.82. The summed E-state index contributed by atoms with van der Waals surface area (Å²) in [5.41, 5.74) is 0. The second-order valence-corrected chi connectivity index (χ2v) is 10.7. The first-order chi connectivity index (χ1) is 11.4. The number of unbranched alkanes of at least 4 members (excludes halogenated alkanes) is 15. The first kappa shape index (κ1) is 27.2. The third-order valence-electron chi connectivity index (χ3n) is 4.21. The molecular weight excluding hydrogens is 426 g/mol. The van der Waals surface area contributed by atoms with Crippen LogP contribution < -0.4 is 0 Å². The molecule has 146 valence electrons. The fraction of sp³-hybridized carbons (Fsp3) is 1.00. The Hall–Kier alpha value is 0.980. The van der Waals surface area contributed by atoms with Crippen molar-refractivity contribution < 1.29 is 19.2 Å². The number of rotatable bonds is 16. The molecule has 0 unspecified atom stereocenters. The Morgan fingerprint density at radius 2 is 0.792 bits per heavy atom. The summed E-state index contributed by atoms with van der Waals surface area (Å²) in [6.45, 7) is 2.30. The van der Waals surface area contributed by atoms with Gasteiger partial charge in [-0.2, -0.15) is 0 Å².